The van der Waals surface area contributed by atoms with Crippen molar-refractivity contribution in [2.75, 3.05) is 0 Å². The zero-order chi connectivity index (χ0) is 24.5. The summed E-state index contributed by atoms with van der Waals surface area (Å²) in [6, 6.07) is 30.8. The number of carbonyl (C=O) groups is 2. The maximum Gasteiger partial charge on any atom is 0.343 e. The molecule has 6 heteroatoms. The molecular formula is C29H24N2O4. The van der Waals surface area contributed by atoms with Crippen LogP contribution in [0.3, 0.4) is 0 Å². The molecule has 0 fully saturated rings. The molecule has 0 heterocycles. The molecule has 4 aromatic carbocycles. The highest BCUT2D eigenvalue weighted by Gasteiger charge is 2.10. The van der Waals surface area contributed by atoms with Gasteiger partial charge in [-0.15, -0.1) is 0 Å². The van der Waals surface area contributed by atoms with Crippen LogP contribution in [0.15, 0.2) is 108 Å². The summed E-state index contributed by atoms with van der Waals surface area (Å²) in [5.74, 6) is 0.360. The number of aryl methyl sites for hydroxylation is 1. The van der Waals surface area contributed by atoms with Crippen LogP contribution in [0.25, 0.3) is 0 Å². The summed E-state index contributed by atoms with van der Waals surface area (Å²) in [6.07, 6.45) is 1.52. The summed E-state index contributed by atoms with van der Waals surface area (Å²) in [5.41, 5.74) is 6.16. The third kappa shape index (κ3) is 6.65. The molecule has 0 atom stereocenters. The molecule has 4 rings (SSSR count). The number of hydrazone groups is 1. The third-order valence-electron chi connectivity index (χ3n) is 5.20. The Morgan fingerprint density at radius 1 is 0.800 bits per heavy atom. The molecule has 0 bridgehead atoms. The smallest absolute Gasteiger partial charge is 0.343 e. The van der Waals surface area contributed by atoms with Crippen molar-refractivity contribution in [3.63, 3.8) is 0 Å². The van der Waals surface area contributed by atoms with Crippen LogP contribution in [0, 0.1) is 6.92 Å². The highest BCUT2D eigenvalue weighted by Crippen LogP contribution is 2.16. The topological polar surface area (TPSA) is 77.0 Å². The van der Waals surface area contributed by atoms with Crippen LogP contribution in [0.1, 0.15) is 37.4 Å². The van der Waals surface area contributed by atoms with Crippen LogP contribution in [0.4, 0.5) is 0 Å². The number of nitrogens with zero attached hydrogens (tertiary/aromatic N) is 1. The number of rotatable bonds is 8. The first-order valence-electron chi connectivity index (χ1n) is 11.1. The van der Waals surface area contributed by atoms with Gasteiger partial charge in [0, 0.05) is 5.56 Å². The molecule has 0 aliphatic rings. The molecule has 35 heavy (non-hydrogen) atoms. The lowest BCUT2D eigenvalue weighted by Gasteiger charge is -2.07. The molecule has 0 saturated heterocycles. The molecule has 0 aromatic heterocycles. The van der Waals surface area contributed by atoms with E-state index >= 15 is 0 Å². The first-order valence-corrected chi connectivity index (χ1v) is 11.1. The second kappa shape index (κ2) is 11.4. The van der Waals surface area contributed by atoms with E-state index in [9.17, 15) is 9.59 Å². The number of carbonyl (C=O) groups excluding carboxylic acids is 2. The minimum absolute atomic E-state index is 0.334. The first kappa shape index (κ1) is 23.4. The standard InChI is InChI=1S/C29H24N2O4/c1-21-7-5-6-10-27(21)29(33)35-26-15-11-22(12-16-26)19-30-31-28(32)24-13-17-25(18-14-24)34-20-23-8-3-2-4-9-23/h2-19H,20H2,1H3,(H,31,32)/b30-19-. The number of hydrogen-bond donors (Lipinski definition) is 1. The zero-order valence-electron chi connectivity index (χ0n) is 19.2. The van der Waals surface area contributed by atoms with E-state index < -0.39 is 5.97 Å². The minimum atomic E-state index is -0.409. The van der Waals surface area contributed by atoms with E-state index in [-0.39, 0.29) is 5.91 Å². The SMILES string of the molecule is Cc1ccccc1C(=O)Oc1ccc(/C=N\NC(=O)c2ccc(OCc3ccccc3)cc2)cc1. The summed E-state index contributed by atoms with van der Waals surface area (Å²) < 4.78 is 11.2. The Balaban J connectivity index is 1.26. The van der Waals surface area contributed by atoms with Crippen LogP contribution < -0.4 is 14.9 Å². The van der Waals surface area contributed by atoms with Crippen molar-refractivity contribution >= 4 is 18.1 Å². The second-order valence-corrected chi connectivity index (χ2v) is 7.77. The van der Waals surface area contributed by atoms with E-state index in [1.165, 1.54) is 6.21 Å². The average molecular weight is 465 g/mol. The van der Waals surface area contributed by atoms with Crippen LogP contribution in [-0.4, -0.2) is 18.1 Å². The van der Waals surface area contributed by atoms with Crippen LogP contribution in [-0.2, 0) is 6.61 Å². The molecule has 0 aliphatic carbocycles. The van der Waals surface area contributed by atoms with E-state index in [2.05, 4.69) is 10.5 Å². The molecule has 4 aromatic rings. The Morgan fingerprint density at radius 2 is 1.46 bits per heavy atom. The van der Waals surface area contributed by atoms with Gasteiger partial charge < -0.3 is 9.47 Å². The van der Waals surface area contributed by atoms with Gasteiger partial charge in [-0.25, -0.2) is 10.2 Å². The summed E-state index contributed by atoms with van der Waals surface area (Å²) in [7, 11) is 0. The molecule has 1 N–H and O–H groups in total. The number of ether oxygens (including phenoxy) is 2. The third-order valence-corrected chi connectivity index (χ3v) is 5.20. The molecule has 1 amide bonds. The van der Waals surface area contributed by atoms with E-state index in [0.29, 0.717) is 29.2 Å². The van der Waals surface area contributed by atoms with Crippen molar-refractivity contribution in [3.05, 3.63) is 131 Å². The Bertz CT molecular complexity index is 1320. The van der Waals surface area contributed by atoms with Crippen LogP contribution >= 0.6 is 0 Å². The van der Waals surface area contributed by atoms with Gasteiger partial charge in [0.25, 0.3) is 5.91 Å². The van der Waals surface area contributed by atoms with Gasteiger partial charge >= 0.3 is 5.97 Å². The molecule has 0 radical (unpaired) electrons. The van der Waals surface area contributed by atoms with Crippen molar-refractivity contribution in [3.8, 4) is 11.5 Å². The molecule has 0 aliphatic heterocycles. The van der Waals surface area contributed by atoms with Gasteiger partial charge in [-0.3, -0.25) is 4.79 Å². The number of benzene rings is 4. The molecule has 6 nitrogen and oxygen atoms in total. The zero-order valence-corrected chi connectivity index (χ0v) is 19.2. The fourth-order valence-electron chi connectivity index (χ4n) is 3.26. The molecule has 0 spiro atoms. The molecule has 0 saturated carbocycles. The molecule has 174 valence electrons. The van der Waals surface area contributed by atoms with Gasteiger partial charge in [0.05, 0.1) is 11.8 Å². The average Bonchev–Trinajstić information content (AvgIpc) is 2.89. The summed E-state index contributed by atoms with van der Waals surface area (Å²) in [6.45, 7) is 2.32. The van der Waals surface area contributed by atoms with Crippen LogP contribution in [0.2, 0.25) is 0 Å². The lowest BCUT2D eigenvalue weighted by Crippen LogP contribution is -2.17. The minimum Gasteiger partial charge on any atom is -0.489 e. The number of esters is 1. The van der Waals surface area contributed by atoms with Gasteiger partial charge in [-0.1, -0.05) is 48.5 Å². The molecular weight excluding hydrogens is 440 g/mol. The second-order valence-electron chi connectivity index (χ2n) is 7.77. The highest BCUT2D eigenvalue weighted by molar-refractivity contribution is 5.95. The van der Waals surface area contributed by atoms with Gasteiger partial charge in [-0.2, -0.15) is 5.10 Å². The monoisotopic (exact) mass is 464 g/mol. The van der Waals surface area contributed by atoms with E-state index in [4.69, 9.17) is 9.47 Å². The quantitative estimate of drug-likeness (QED) is 0.160. The Hall–Kier alpha value is -4.71. The van der Waals surface area contributed by atoms with Crippen molar-refractivity contribution in [2.45, 2.75) is 13.5 Å². The summed E-state index contributed by atoms with van der Waals surface area (Å²) in [5, 5.41) is 4.00. The number of nitrogens with one attached hydrogen (secondary N) is 1. The fourth-order valence-corrected chi connectivity index (χ4v) is 3.26. The lowest BCUT2D eigenvalue weighted by atomic mass is 10.1. The maximum atomic E-state index is 12.3. The maximum absolute atomic E-state index is 12.3. The first-order chi connectivity index (χ1) is 17.1. The van der Waals surface area contributed by atoms with Gasteiger partial charge in [0.2, 0.25) is 0 Å². The lowest BCUT2D eigenvalue weighted by molar-refractivity contribution is 0.0733. The van der Waals surface area contributed by atoms with Crippen molar-refractivity contribution in [1.82, 2.24) is 5.43 Å². The summed E-state index contributed by atoms with van der Waals surface area (Å²) in [4.78, 5) is 24.7. The fraction of sp³-hybridized carbons (Fsp3) is 0.0690. The predicted molar refractivity (Wildman–Crippen MR) is 135 cm³/mol. The van der Waals surface area contributed by atoms with Gasteiger partial charge in [-0.05, 0) is 78.2 Å². The van der Waals surface area contributed by atoms with Crippen LogP contribution in [0.5, 0.6) is 11.5 Å². The highest BCUT2D eigenvalue weighted by atomic mass is 16.5. The Labute approximate surface area is 203 Å². The van der Waals surface area contributed by atoms with Crippen molar-refractivity contribution in [2.24, 2.45) is 5.10 Å². The van der Waals surface area contributed by atoms with E-state index in [1.54, 1.807) is 60.7 Å². The van der Waals surface area contributed by atoms with Crippen molar-refractivity contribution < 1.29 is 19.1 Å². The Morgan fingerprint density at radius 3 is 2.17 bits per heavy atom. The van der Waals surface area contributed by atoms with E-state index in [1.807, 2.05) is 49.4 Å². The van der Waals surface area contributed by atoms with Gasteiger partial charge in [0.15, 0.2) is 0 Å². The number of hydrogen-bond acceptors (Lipinski definition) is 5. The van der Waals surface area contributed by atoms with Gasteiger partial charge in [0.1, 0.15) is 18.1 Å². The summed E-state index contributed by atoms with van der Waals surface area (Å²) >= 11 is 0. The number of amides is 1. The molecule has 0 unspecified atom stereocenters. The van der Waals surface area contributed by atoms with Crippen molar-refractivity contribution in [1.29, 1.82) is 0 Å². The largest absolute Gasteiger partial charge is 0.489 e. The van der Waals surface area contributed by atoms with E-state index in [0.717, 1.165) is 16.7 Å². The normalized spacial score (nSPS) is 10.7. The predicted octanol–water partition coefficient (Wildman–Crippen LogP) is 5.56. The Kier molecular flexibility index (Phi) is 7.66.